The third-order valence-corrected chi connectivity index (χ3v) is 9.75. The summed E-state index contributed by atoms with van der Waals surface area (Å²) in [4.78, 5) is 13.2. The van der Waals surface area contributed by atoms with E-state index in [0.29, 0.717) is 31.5 Å². The predicted octanol–water partition coefficient (Wildman–Crippen LogP) is 3.04. The molecule has 7 heteroatoms. The fraction of sp³-hybridized carbons (Fsp3) is 0.652. The van der Waals surface area contributed by atoms with E-state index in [0.717, 1.165) is 37.0 Å². The normalized spacial score (nSPS) is 33.9. The molecule has 0 aromatic heterocycles. The zero-order chi connectivity index (χ0) is 20.9. The van der Waals surface area contributed by atoms with Crippen LogP contribution in [-0.4, -0.2) is 37.3 Å². The Kier molecular flexibility index (Phi) is 4.90. The van der Waals surface area contributed by atoms with Crippen molar-refractivity contribution < 1.29 is 13.2 Å². The van der Waals surface area contributed by atoms with Crippen molar-refractivity contribution in [2.45, 2.75) is 61.8 Å². The number of amides is 1. The summed E-state index contributed by atoms with van der Waals surface area (Å²) in [7, 11) is -3.64. The van der Waals surface area contributed by atoms with Crippen LogP contribution in [0.2, 0.25) is 0 Å². The monoisotopic (exact) mass is 427 g/mol. The molecule has 160 valence electrons. The molecule has 5 aliphatic rings. The highest BCUT2D eigenvalue weighted by Crippen LogP contribution is 2.55. The first-order valence-electron chi connectivity index (χ1n) is 11.2. The second kappa shape index (κ2) is 7.35. The van der Waals surface area contributed by atoms with Crippen molar-refractivity contribution >= 4 is 15.9 Å². The fourth-order valence-electron chi connectivity index (χ4n) is 6.86. The Morgan fingerprint density at radius 2 is 1.67 bits per heavy atom. The summed E-state index contributed by atoms with van der Waals surface area (Å²) in [6.45, 7) is 0.691. The van der Waals surface area contributed by atoms with Gasteiger partial charge in [-0.3, -0.25) is 4.79 Å². The Bertz CT molecular complexity index is 954. The van der Waals surface area contributed by atoms with Crippen molar-refractivity contribution in [2.24, 2.45) is 23.7 Å². The number of sulfonamides is 1. The number of hydrogen-bond donors (Lipinski definition) is 1. The van der Waals surface area contributed by atoms with Crippen LogP contribution in [0.3, 0.4) is 0 Å². The van der Waals surface area contributed by atoms with E-state index >= 15 is 0 Å². The van der Waals surface area contributed by atoms with Crippen LogP contribution >= 0.6 is 0 Å². The summed E-state index contributed by atoms with van der Waals surface area (Å²) in [5, 5.41) is 12.5. The van der Waals surface area contributed by atoms with Crippen LogP contribution in [0, 0.1) is 35.0 Å². The molecule has 0 radical (unpaired) electrons. The van der Waals surface area contributed by atoms with E-state index in [-0.39, 0.29) is 22.3 Å². The van der Waals surface area contributed by atoms with Crippen molar-refractivity contribution in [2.75, 3.05) is 13.1 Å². The quantitative estimate of drug-likeness (QED) is 0.800. The molecular formula is C23H29N3O3S. The first-order valence-corrected chi connectivity index (χ1v) is 12.6. The summed E-state index contributed by atoms with van der Waals surface area (Å²) in [6, 6.07) is 8.13. The molecular weight excluding hydrogens is 398 g/mol. The summed E-state index contributed by atoms with van der Waals surface area (Å²) in [5.41, 5.74) is 0.341. The number of carbonyl (C=O) groups excluding carboxylic acids is 1. The third-order valence-electron chi connectivity index (χ3n) is 7.85. The van der Waals surface area contributed by atoms with Gasteiger partial charge in [0.25, 0.3) is 0 Å². The van der Waals surface area contributed by atoms with Gasteiger partial charge in [0.05, 0.1) is 16.5 Å². The van der Waals surface area contributed by atoms with Crippen molar-refractivity contribution in [1.82, 2.24) is 9.62 Å². The molecule has 0 spiro atoms. The Morgan fingerprint density at radius 3 is 2.23 bits per heavy atom. The Morgan fingerprint density at radius 1 is 1.07 bits per heavy atom. The summed E-state index contributed by atoms with van der Waals surface area (Å²) < 4.78 is 27.3. The molecule has 4 saturated carbocycles. The number of nitrogens with zero attached hydrogens (tertiary/aromatic N) is 2. The molecule has 4 aliphatic carbocycles. The maximum absolute atomic E-state index is 13.1. The van der Waals surface area contributed by atoms with Crippen molar-refractivity contribution in [3.63, 3.8) is 0 Å². The minimum absolute atomic E-state index is 0.00672. The molecule has 0 unspecified atom stereocenters. The highest BCUT2D eigenvalue weighted by Gasteiger charge is 2.52. The smallest absolute Gasteiger partial charge is 0.243 e. The number of rotatable bonds is 4. The highest BCUT2D eigenvalue weighted by atomic mass is 32.2. The van der Waals surface area contributed by atoms with Gasteiger partial charge in [-0.05, 0) is 87.3 Å². The third kappa shape index (κ3) is 3.54. The van der Waals surface area contributed by atoms with Gasteiger partial charge in [0.1, 0.15) is 0 Å². The number of nitrogens with one attached hydrogen (secondary N) is 1. The number of piperidine rings is 1. The van der Waals surface area contributed by atoms with Crippen LogP contribution in [0.15, 0.2) is 29.2 Å². The molecule has 1 aliphatic heterocycles. The number of carbonyl (C=O) groups is 1. The van der Waals surface area contributed by atoms with E-state index in [4.69, 9.17) is 5.26 Å². The molecule has 1 saturated heterocycles. The van der Waals surface area contributed by atoms with Crippen LogP contribution in [0.1, 0.15) is 56.9 Å². The molecule has 6 nitrogen and oxygen atoms in total. The minimum Gasteiger partial charge on any atom is -0.350 e. The van der Waals surface area contributed by atoms with Gasteiger partial charge >= 0.3 is 0 Å². The van der Waals surface area contributed by atoms with Gasteiger partial charge in [-0.2, -0.15) is 9.57 Å². The molecule has 30 heavy (non-hydrogen) atoms. The average Bonchev–Trinajstić information content (AvgIpc) is 2.72. The lowest BCUT2D eigenvalue weighted by molar-refractivity contribution is -0.132. The van der Waals surface area contributed by atoms with Gasteiger partial charge in [0.15, 0.2) is 0 Å². The molecule has 1 heterocycles. The van der Waals surface area contributed by atoms with Gasteiger partial charge in [0, 0.05) is 24.5 Å². The number of nitriles is 1. The molecule has 0 atom stereocenters. The Hall–Kier alpha value is -1.91. The fourth-order valence-corrected chi connectivity index (χ4v) is 8.38. The maximum Gasteiger partial charge on any atom is 0.243 e. The van der Waals surface area contributed by atoms with E-state index < -0.39 is 10.0 Å². The number of hydrogen-bond acceptors (Lipinski definition) is 4. The van der Waals surface area contributed by atoms with Gasteiger partial charge in [-0.1, -0.05) is 6.07 Å². The van der Waals surface area contributed by atoms with E-state index in [9.17, 15) is 13.2 Å². The number of benzene rings is 1. The average molecular weight is 428 g/mol. The molecule has 1 aromatic carbocycles. The largest absolute Gasteiger partial charge is 0.350 e. The van der Waals surface area contributed by atoms with Crippen LogP contribution in [0.5, 0.6) is 0 Å². The van der Waals surface area contributed by atoms with E-state index in [1.807, 2.05) is 6.07 Å². The lowest BCUT2D eigenvalue weighted by Gasteiger charge is -2.57. The van der Waals surface area contributed by atoms with Gasteiger partial charge in [-0.15, -0.1) is 0 Å². The zero-order valence-electron chi connectivity index (χ0n) is 17.2. The van der Waals surface area contributed by atoms with Crippen LogP contribution in [0.25, 0.3) is 0 Å². The highest BCUT2D eigenvalue weighted by molar-refractivity contribution is 7.89. The van der Waals surface area contributed by atoms with Gasteiger partial charge in [-0.25, -0.2) is 8.42 Å². The van der Waals surface area contributed by atoms with Gasteiger partial charge in [0.2, 0.25) is 15.9 Å². The molecule has 6 rings (SSSR count). The SMILES string of the molecule is N#Cc1cccc(S(=O)(=O)N2CCC(C(=O)NC34CC5CC(CC(C5)C3)C4)CC2)c1. The molecule has 5 fully saturated rings. The Labute approximate surface area is 178 Å². The minimum atomic E-state index is -3.64. The molecule has 4 bridgehead atoms. The van der Waals surface area contributed by atoms with Crippen LogP contribution in [-0.2, 0) is 14.8 Å². The van der Waals surface area contributed by atoms with Crippen LogP contribution < -0.4 is 5.32 Å². The summed E-state index contributed by atoms with van der Waals surface area (Å²) >= 11 is 0. The van der Waals surface area contributed by atoms with E-state index in [1.54, 1.807) is 12.1 Å². The second-order valence-electron chi connectivity index (χ2n) is 10.0. The zero-order valence-corrected chi connectivity index (χ0v) is 18.0. The first kappa shape index (κ1) is 20.0. The standard InChI is InChI=1S/C23H29N3O3S/c24-15-16-2-1-3-21(11-16)30(28,29)26-6-4-20(5-7-26)22(27)25-23-12-17-8-18(13-23)10-19(9-17)14-23/h1-3,11,17-20H,4-10,12-14H2,(H,25,27). The van der Waals surface area contributed by atoms with E-state index in [1.165, 1.54) is 35.7 Å². The Balaban J connectivity index is 1.22. The molecule has 1 aromatic rings. The lowest BCUT2D eigenvalue weighted by atomic mass is 9.53. The lowest BCUT2D eigenvalue weighted by Crippen LogP contribution is -2.61. The predicted molar refractivity (Wildman–Crippen MR) is 112 cm³/mol. The van der Waals surface area contributed by atoms with Crippen LogP contribution in [0.4, 0.5) is 0 Å². The van der Waals surface area contributed by atoms with Crippen molar-refractivity contribution in [3.05, 3.63) is 29.8 Å². The maximum atomic E-state index is 13.1. The second-order valence-corrected chi connectivity index (χ2v) is 11.9. The molecule has 1 amide bonds. The van der Waals surface area contributed by atoms with Gasteiger partial charge < -0.3 is 5.32 Å². The van der Waals surface area contributed by atoms with Crippen molar-refractivity contribution in [3.8, 4) is 6.07 Å². The molecule has 1 N–H and O–H groups in total. The van der Waals surface area contributed by atoms with E-state index in [2.05, 4.69) is 5.32 Å². The topological polar surface area (TPSA) is 90.3 Å². The van der Waals surface area contributed by atoms with Crippen molar-refractivity contribution in [1.29, 1.82) is 5.26 Å². The summed E-state index contributed by atoms with van der Waals surface area (Å²) in [6.07, 6.45) is 8.54. The first-order chi connectivity index (χ1) is 14.4. The summed E-state index contributed by atoms with van der Waals surface area (Å²) in [5.74, 6) is 2.36.